The zero-order valence-corrected chi connectivity index (χ0v) is 15.3. The normalized spacial score (nSPS) is 16.1. The number of imidazole rings is 1. The molecule has 0 saturated carbocycles. The van der Waals surface area contributed by atoms with Crippen molar-refractivity contribution < 1.29 is 0 Å². The molecule has 8 heteroatoms. The lowest BCUT2D eigenvalue weighted by molar-refractivity contribution is 0.611. The SMILES string of the molecule is Cc1cccn2nc([C@@H]3c4nc[nH]c4CCN3c3ccc(C#N)c(N)n3)cc12. The van der Waals surface area contributed by atoms with Crippen LogP contribution in [0.25, 0.3) is 5.52 Å². The summed E-state index contributed by atoms with van der Waals surface area (Å²) in [6, 6.07) is 11.6. The van der Waals surface area contributed by atoms with Gasteiger partial charge in [0.25, 0.3) is 0 Å². The van der Waals surface area contributed by atoms with Gasteiger partial charge in [-0.1, -0.05) is 6.07 Å². The summed E-state index contributed by atoms with van der Waals surface area (Å²) < 4.78 is 1.89. The number of rotatable bonds is 2. The van der Waals surface area contributed by atoms with Crippen molar-refractivity contribution >= 4 is 17.2 Å². The third-order valence-electron chi connectivity index (χ3n) is 5.26. The molecule has 0 spiro atoms. The van der Waals surface area contributed by atoms with Crippen molar-refractivity contribution in [3.8, 4) is 6.07 Å². The second-order valence-electron chi connectivity index (χ2n) is 6.92. The molecule has 4 aromatic rings. The molecule has 138 valence electrons. The molecule has 8 nitrogen and oxygen atoms in total. The van der Waals surface area contributed by atoms with Gasteiger partial charge < -0.3 is 15.6 Å². The highest BCUT2D eigenvalue weighted by molar-refractivity contribution is 5.60. The van der Waals surface area contributed by atoms with Crippen molar-refractivity contribution in [2.24, 2.45) is 0 Å². The number of fused-ring (bicyclic) bond motifs is 2. The largest absolute Gasteiger partial charge is 0.383 e. The minimum atomic E-state index is -0.186. The lowest BCUT2D eigenvalue weighted by atomic mass is 9.99. The van der Waals surface area contributed by atoms with Gasteiger partial charge in [0.15, 0.2) is 0 Å². The predicted molar refractivity (Wildman–Crippen MR) is 105 cm³/mol. The number of hydrogen-bond donors (Lipinski definition) is 2. The van der Waals surface area contributed by atoms with E-state index in [0.717, 1.165) is 41.1 Å². The fourth-order valence-corrected chi connectivity index (χ4v) is 3.85. The number of nitrogens with one attached hydrogen (secondary N) is 1. The van der Waals surface area contributed by atoms with E-state index in [1.54, 1.807) is 12.4 Å². The Morgan fingerprint density at radius 2 is 2.21 bits per heavy atom. The van der Waals surface area contributed by atoms with Crippen LogP contribution in [0.2, 0.25) is 0 Å². The van der Waals surface area contributed by atoms with E-state index in [1.165, 1.54) is 0 Å². The second-order valence-corrected chi connectivity index (χ2v) is 6.92. The maximum atomic E-state index is 9.15. The minimum absolute atomic E-state index is 0.186. The summed E-state index contributed by atoms with van der Waals surface area (Å²) in [7, 11) is 0. The molecule has 0 aliphatic carbocycles. The summed E-state index contributed by atoms with van der Waals surface area (Å²) in [6.45, 7) is 2.81. The highest BCUT2D eigenvalue weighted by Crippen LogP contribution is 2.36. The first kappa shape index (κ1) is 16.3. The Hall–Kier alpha value is -3.86. The summed E-state index contributed by atoms with van der Waals surface area (Å²) in [5.41, 5.74) is 11.5. The van der Waals surface area contributed by atoms with Gasteiger partial charge in [-0.15, -0.1) is 0 Å². The first-order valence-electron chi connectivity index (χ1n) is 9.06. The van der Waals surface area contributed by atoms with E-state index >= 15 is 0 Å². The summed E-state index contributed by atoms with van der Waals surface area (Å²) in [5.74, 6) is 0.946. The van der Waals surface area contributed by atoms with Crippen molar-refractivity contribution in [3.63, 3.8) is 0 Å². The molecule has 0 saturated heterocycles. The fraction of sp³-hybridized carbons (Fsp3) is 0.200. The van der Waals surface area contributed by atoms with E-state index in [-0.39, 0.29) is 11.9 Å². The molecule has 5 heterocycles. The highest BCUT2D eigenvalue weighted by Gasteiger charge is 2.34. The molecule has 1 aliphatic rings. The van der Waals surface area contributed by atoms with Crippen LogP contribution in [-0.4, -0.2) is 31.1 Å². The molecule has 0 bridgehead atoms. The molecular formula is C20H18N8. The Morgan fingerprint density at radius 1 is 1.32 bits per heavy atom. The lowest BCUT2D eigenvalue weighted by Crippen LogP contribution is -2.37. The maximum absolute atomic E-state index is 9.15. The zero-order chi connectivity index (χ0) is 19.3. The fourth-order valence-electron chi connectivity index (χ4n) is 3.85. The zero-order valence-electron chi connectivity index (χ0n) is 15.3. The molecule has 0 unspecified atom stereocenters. The predicted octanol–water partition coefficient (Wildman–Crippen LogP) is 2.37. The topological polar surface area (TPSA) is 112 Å². The summed E-state index contributed by atoms with van der Waals surface area (Å²) in [4.78, 5) is 14.5. The quantitative estimate of drug-likeness (QED) is 0.560. The van der Waals surface area contributed by atoms with Crippen molar-refractivity contribution in [2.45, 2.75) is 19.4 Å². The van der Waals surface area contributed by atoms with E-state index in [0.29, 0.717) is 11.4 Å². The molecule has 0 amide bonds. The van der Waals surface area contributed by atoms with Crippen LogP contribution in [0.5, 0.6) is 0 Å². The monoisotopic (exact) mass is 370 g/mol. The number of aryl methyl sites for hydroxylation is 1. The van der Waals surface area contributed by atoms with E-state index in [4.69, 9.17) is 16.1 Å². The number of nitriles is 1. The van der Waals surface area contributed by atoms with Gasteiger partial charge in [0.1, 0.15) is 23.7 Å². The number of H-pyrrole nitrogens is 1. The van der Waals surface area contributed by atoms with Gasteiger partial charge in [0, 0.05) is 24.9 Å². The Bertz CT molecular complexity index is 1230. The highest BCUT2D eigenvalue weighted by atomic mass is 15.3. The standard InChI is InChI=1S/C20H18N8/c1-12-3-2-7-28-16(12)9-15(26-28)19-18-14(23-11-24-18)6-8-27(19)17-5-4-13(10-21)20(22)25-17/h2-5,7,9,11,19H,6,8H2,1H3,(H2,22,25)(H,23,24)/t19-/m1/s1. The average Bonchev–Trinajstić information content (AvgIpc) is 3.34. The van der Waals surface area contributed by atoms with Crippen LogP contribution in [0.15, 0.2) is 42.9 Å². The maximum Gasteiger partial charge on any atom is 0.143 e. The Balaban J connectivity index is 1.67. The summed E-state index contributed by atoms with van der Waals surface area (Å²) in [6.07, 6.45) is 4.49. The summed E-state index contributed by atoms with van der Waals surface area (Å²) in [5, 5.41) is 14.0. The third kappa shape index (κ3) is 2.41. The average molecular weight is 370 g/mol. The molecule has 1 atom stereocenters. The van der Waals surface area contributed by atoms with Gasteiger partial charge in [0.2, 0.25) is 0 Å². The summed E-state index contributed by atoms with van der Waals surface area (Å²) >= 11 is 0. The smallest absolute Gasteiger partial charge is 0.143 e. The Morgan fingerprint density at radius 3 is 3.00 bits per heavy atom. The van der Waals surface area contributed by atoms with Crippen molar-refractivity contribution in [3.05, 3.63) is 71.1 Å². The van der Waals surface area contributed by atoms with Crippen molar-refractivity contribution in [1.29, 1.82) is 5.26 Å². The molecule has 4 aromatic heterocycles. The minimum Gasteiger partial charge on any atom is -0.383 e. The number of nitrogens with zero attached hydrogens (tertiary/aromatic N) is 6. The van der Waals surface area contributed by atoms with Gasteiger partial charge in [0.05, 0.1) is 28.8 Å². The third-order valence-corrected chi connectivity index (χ3v) is 5.26. The van der Waals surface area contributed by atoms with E-state index in [1.807, 2.05) is 22.8 Å². The van der Waals surface area contributed by atoms with E-state index < -0.39 is 0 Å². The number of pyridine rings is 2. The first-order chi connectivity index (χ1) is 13.7. The van der Waals surface area contributed by atoms with Crippen molar-refractivity contribution in [2.75, 3.05) is 17.2 Å². The number of nitrogens with two attached hydrogens (primary N) is 1. The van der Waals surface area contributed by atoms with Gasteiger partial charge in [-0.25, -0.2) is 14.5 Å². The molecule has 0 aromatic carbocycles. The van der Waals surface area contributed by atoms with Gasteiger partial charge in [-0.2, -0.15) is 10.4 Å². The number of hydrogen-bond acceptors (Lipinski definition) is 6. The van der Waals surface area contributed by atoms with Gasteiger partial charge in [-0.05, 0) is 36.8 Å². The molecule has 28 heavy (non-hydrogen) atoms. The Kier molecular flexibility index (Phi) is 3.55. The van der Waals surface area contributed by atoms with Crippen LogP contribution in [0.4, 0.5) is 11.6 Å². The number of aromatic nitrogens is 5. The van der Waals surface area contributed by atoms with E-state index in [9.17, 15) is 0 Å². The first-order valence-corrected chi connectivity index (χ1v) is 9.06. The van der Waals surface area contributed by atoms with Crippen LogP contribution in [0, 0.1) is 18.3 Å². The number of nitrogen functional groups attached to an aromatic ring is 1. The molecule has 3 N–H and O–H groups in total. The molecular weight excluding hydrogens is 352 g/mol. The van der Waals surface area contributed by atoms with Crippen molar-refractivity contribution in [1.82, 2.24) is 24.6 Å². The second kappa shape index (κ2) is 6.09. The molecule has 0 fully saturated rings. The van der Waals surface area contributed by atoms with Gasteiger partial charge >= 0.3 is 0 Å². The Labute approximate surface area is 161 Å². The number of anilines is 2. The molecule has 5 rings (SSSR count). The van der Waals surface area contributed by atoms with Crippen LogP contribution in [-0.2, 0) is 6.42 Å². The van der Waals surface area contributed by atoms with Crippen LogP contribution < -0.4 is 10.6 Å². The van der Waals surface area contributed by atoms with Crippen LogP contribution in [0.3, 0.4) is 0 Å². The van der Waals surface area contributed by atoms with Gasteiger partial charge in [-0.3, -0.25) is 0 Å². The van der Waals surface area contributed by atoms with Crippen LogP contribution in [0.1, 0.15) is 34.3 Å². The lowest BCUT2D eigenvalue weighted by Gasteiger charge is -2.35. The number of aromatic amines is 1. The van der Waals surface area contributed by atoms with E-state index in [2.05, 4.69) is 45.0 Å². The molecule has 1 aliphatic heterocycles. The van der Waals surface area contributed by atoms with Crippen LogP contribution >= 0.6 is 0 Å². The molecule has 0 radical (unpaired) electrons.